The van der Waals surface area contributed by atoms with Crippen LogP contribution >= 0.6 is 11.8 Å². The van der Waals surface area contributed by atoms with Crippen LogP contribution in [0.3, 0.4) is 0 Å². The van der Waals surface area contributed by atoms with Crippen LogP contribution in [0.25, 0.3) is 22.6 Å². The fraction of sp³-hybridized carbons (Fsp3) is 0.273. The highest BCUT2D eigenvalue weighted by molar-refractivity contribution is 7.99. The summed E-state index contributed by atoms with van der Waals surface area (Å²) in [5, 5.41) is 0.529. The molecule has 5 heteroatoms. The average Bonchev–Trinajstić information content (AvgIpc) is 3.42. The van der Waals surface area contributed by atoms with Crippen molar-refractivity contribution >= 4 is 17.7 Å². The monoisotopic (exact) mass is 378 g/mol. The van der Waals surface area contributed by atoms with E-state index < -0.39 is 0 Å². The third kappa shape index (κ3) is 4.42. The van der Waals surface area contributed by atoms with Gasteiger partial charge < -0.3 is 9.32 Å². The van der Waals surface area contributed by atoms with Crippen molar-refractivity contribution in [2.75, 3.05) is 19.3 Å². The summed E-state index contributed by atoms with van der Waals surface area (Å²) >= 11 is 1.36. The van der Waals surface area contributed by atoms with Gasteiger partial charge in [0.15, 0.2) is 5.76 Å². The minimum Gasteiger partial charge on any atom is -0.431 e. The molecule has 0 saturated heterocycles. The Balaban J connectivity index is 1.55. The van der Waals surface area contributed by atoms with E-state index in [9.17, 15) is 4.79 Å². The van der Waals surface area contributed by atoms with Crippen LogP contribution in [0.1, 0.15) is 12.8 Å². The van der Waals surface area contributed by atoms with Crippen LogP contribution in [0, 0.1) is 5.92 Å². The minimum absolute atomic E-state index is 0.118. The molecule has 138 valence electrons. The van der Waals surface area contributed by atoms with E-state index in [-0.39, 0.29) is 5.91 Å². The lowest BCUT2D eigenvalue weighted by atomic mass is 10.1. The lowest BCUT2D eigenvalue weighted by molar-refractivity contribution is -0.127. The Morgan fingerprint density at radius 1 is 1.07 bits per heavy atom. The Morgan fingerprint density at radius 2 is 1.70 bits per heavy atom. The molecule has 1 aromatic heterocycles. The van der Waals surface area contributed by atoms with Gasteiger partial charge in [-0.15, -0.1) is 0 Å². The van der Waals surface area contributed by atoms with Crippen LogP contribution in [-0.4, -0.2) is 35.1 Å². The Hall–Kier alpha value is -2.53. The van der Waals surface area contributed by atoms with Crippen molar-refractivity contribution < 1.29 is 9.21 Å². The molecule has 0 atom stereocenters. The fourth-order valence-corrected chi connectivity index (χ4v) is 3.73. The average molecular weight is 378 g/mol. The predicted molar refractivity (Wildman–Crippen MR) is 108 cm³/mol. The minimum atomic E-state index is 0.118. The van der Waals surface area contributed by atoms with E-state index in [0.29, 0.717) is 16.9 Å². The SMILES string of the molecule is CN(CC1CC1)C(=O)CSc1nc(-c2ccccc2)c(-c2ccccc2)o1. The van der Waals surface area contributed by atoms with Crippen LogP contribution < -0.4 is 0 Å². The normalized spacial score (nSPS) is 13.5. The number of carbonyl (C=O) groups excluding carboxylic acids is 1. The molecular weight excluding hydrogens is 356 g/mol. The van der Waals surface area contributed by atoms with Crippen LogP contribution in [0.5, 0.6) is 0 Å². The molecule has 4 nitrogen and oxygen atoms in total. The maximum atomic E-state index is 12.3. The van der Waals surface area contributed by atoms with Gasteiger partial charge in [-0.2, -0.15) is 0 Å². The van der Waals surface area contributed by atoms with E-state index in [4.69, 9.17) is 4.42 Å². The molecule has 1 heterocycles. The molecule has 1 saturated carbocycles. The van der Waals surface area contributed by atoms with Gasteiger partial charge in [0.1, 0.15) is 5.69 Å². The second kappa shape index (κ2) is 8.01. The summed E-state index contributed by atoms with van der Waals surface area (Å²) in [6, 6.07) is 20.0. The summed E-state index contributed by atoms with van der Waals surface area (Å²) in [4.78, 5) is 18.9. The van der Waals surface area contributed by atoms with Crippen molar-refractivity contribution in [1.29, 1.82) is 0 Å². The number of aromatic nitrogens is 1. The zero-order chi connectivity index (χ0) is 18.6. The molecule has 0 bridgehead atoms. The molecule has 0 aliphatic heterocycles. The largest absolute Gasteiger partial charge is 0.431 e. The van der Waals surface area contributed by atoms with Crippen LogP contribution in [-0.2, 0) is 4.79 Å². The van der Waals surface area contributed by atoms with Crippen molar-refractivity contribution in [2.24, 2.45) is 5.92 Å². The van der Waals surface area contributed by atoms with Crippen molar-refractivity contribution in [1.82, 2.24) is 9.88 Å². The van der Waals surface area contributed by atoms with Gasteiger partial charge >= 0.3 is 0 Å². The number of amides is 1. The van der Waals surface area contributed by atoms with Crippen LogP contribution in [0.2, 0.25) is 0 Å². The van der Waals surface area contributed by atoms with Gasteiger partial charge in [-0.3, -0.25) is 4.79 Å². The number of hydrogen-bond donors (Lipinski definition) is 0. The Kier molecular flexibility index (Phi) is 5.30. The Morgan fingerprint density at radius 3 is 2.33 bits per heavy atom. The number of rotatable bonds is 7. The summed E-state index contributed by atoms with van der Waals surface area (Å²) in [5.74, 6) is 1.89. The first-order chi connectivity index (χ1) is 13.2. The maximum Gasteiger partial charge on any atom is 0.257 e. The molecule has 1 aliphatic carbocycles. The van der Waals surface area contributed by atoms with Gasteiger partial charge in [0.25, 0.3) is 5.22 Å². The van der Waals surface area contributed by atoms with Crippen LogP contribution in [0.15, 0.2) is 70.3 Å². The number of benzene rings is 2. The molecule has 2 aromatic carbocycles. The molecule has 3 aromatic rings. The van der Waals surface area contributed by atoms with Gasteiger partial charge in [-0.1, -0.05) is 72.4 Å². The van der Waals surface area contributed by atoms with E-state index in [1.807, 2.05) is 72.6 Å². The summed E-state index contributed by atoms with van der Waals surface area (Å²) < 4.78 is 6.06. The molecule has 27 heavy (non-hydrogen) atoms. The van der Waals surface area contributed by atoms with Gasteiger partial charge in [-0.05, 0) is 18.8 Å². The second-order valence-electron chi connectivity index (χ2n) is 6.90. The summed E-state index contributed by atoms with van der Waals surface area (Å²) in [5.41, 5.74) is 2.79. The van der Waals surface area contributed by atoms with Gasteiger partial charge in [0.2, 0.25) is 5.91 Å². The van der Waals surface area contributed by atoms with Crippen molar-refractivity contribution in [3.63, 3.8) is 0 Å². The molecule has 4 rings (SSSR count). The smallest absolute Gasteiger partial charge is 0.257 e. The first-order valence-electron chi connectivity index (χ1n) is 9.19. The van der Waals surface area contributed by atoms with E-state index in [0.717, 1.165) is 29.1 Å². The maximum absolute atomic E-state index is 12.3. The molecule has 1 amide bonds. The molecular formula is C22H22N2O2S. The molecule has 0 radical (unpaired) electrons. The number of nitrogens with zero attached hydrogens (tertiary/aromatic N) is 2. The summed E-state index contributed by atoms with van der Waals surface area (Å²) in [7, 11) is 1.88. The highest BCUT2D eigenvalue weighted by Gasteiger charge is 2.25. The lowest BCUT2D eigenvalue weighted by Crippen LogP contribution is -2.30. The Labute approximate surface area is 163 Å². The van der Waals surface area contributed by atoms with Gasteiger partial charge in [0.05, 0.1) is 5.75 Å². The van der Waals surface area contributed by atoms with Crippen molar-refractivity contribution in [3.8, 4) is 22.6 Å². The molecule has 0 spiro atoms. The van der Waals surface area contributed by atoms with Crippen molar-refractivity contribution in [2.45, 2.75) is 18.1 Å². The number of thioether (sulfide) groups is 1. The second-order valence-corrected chi connectivity index (χ2v) is 7.82. The van der Waals surface area contributed by atoms with E-state index in [1.165, 1.54) is 24.6 Å². The number of carbonyl (C=O) groups is 1. The highest BCUT2D eigenvalue weighted by Crippen LogP contribution is 2.35. The lowest BCUT2D eigenvalue weighted by Gasteiger charge is -2.15. The van der Waals surface area contributed by atoms with Crippen LogP contribution in [0.4, 0.5) is 0 Å². The zero-order valence-corrected chi connectivity index (χ0v) is 16.1. The fourth-order valence-electron chi connectivity index (χ4n) is 2.96. The summed E-state index contributed by atoms with van der Waals surface area (Å²) in [6.45, 7) is 0.857. The van der Waals surface area contributed by atoms with E-state index >= 15 is 0 Å². The Bertz CT molecular complexity index is 848. The van der Waals surface area contributed by atoms with E-state index in [2.05, 4.69) is 4.98 Å². The van der Waals surface area contributed by atoms with E-state index in [1.54, 1.807) is 0 Å². The number of hydrogen-bond acceptors (Lipinski definition) is 4. The zero-order valence-electron chi connectivity index (χ0n) is 15.3. The summed E-state index contributed by atoms with van der Waals surface area (Å²) in [6.07, 6.45) is 2.48. The predicted octanol–water partition coefficient (Wildman–Crippen LogP) is 4.97. The topological polar surface area (TPSA) is 46.3 Å². The molecule has 1 fully saturated rings. The first-order valence-corrected chi connectivity index (χ1v) is 10.2. The number of oxazole rings is 1. The van der Waals surface area contributed by atoms with Gasteiger partial charge in [0, 0.05) is 24.7 Å². The van der Waals surface area contributed by atoms with Crippen molar-refractivity contribution in [3.05, 3.63) is 60.7 Å². The molecule has 1 aliphatic rings. The highest BCUT2D eigenvalue weighted by atomic mass is 32.2. The molecule has 0 unspecified atom stereocenters. The third-order valence-corrected chi connectivity index (χ3v) is 5.48. The molecule has 0 N–H and O–H groups in total. The van der Waals surface area contributed by atoms with Gasteiger partial charge in [-0.25, -0.2) is 4.98 Å². The standard InChI is InChI=1S/C22H22N2O2S/c1-24(14-16-12-13-16)19(25)15-27-22-23-20(17-8-4-2-5-9-17)21(26-22)18-10-6-3-7-11-18/h2-11,16H,12-15H2,1H3. The first kappa shape index (κ1) is 17.9. The third-order valence-electron chi connectivity index (χ3n) is 4.66. The quantitative estimate of drug-likeness (QED) is 0.545.